The summed E-state index contributed by atoms with van der Waals surface area (Å²) in [5.41, 5.74) is 0.873. The van der Waals surface area contributed by atoms with Gasteiger partial charge in [0.25, 0.3) is 0 Å². The van der Waals surface area contributed by atoms with Gasteiger partial charge < -0.3 is 5.32 Å². The van der Waals surface area contributed by atoms with Crippen LogP contribution in [0, 0.1) is 17.8 Å². The molecule has 4 rings (SSSR count). The van der Waals surface area contributed by atoms with E-state index in [1.807, 2.05) is 6.07 Å². The van der Waals surface area contributed by atoms with Gasteiger partial charge >= 0.3 is 0 Å². The highest BCUT2D eigenvalue weighted by Crippen LogP contribution is 2.40. The van der Waals surface area contributed by atoms with Crippen molar-refractivity contribution in [1.82, 2.24) is 9.78 Å². The van der Waals surface area contributed by atoms with Crippen molar-refractivity contribution in [2.24, 2.45) is 17.8 Å². The molecule has 1 aromatic carbocycles. The molecule has 5 nitrogen and oxygen atoms in total. The van der Waals surface area contributed by atoms with Crippen molar-refractivity contribution in [2.45, 2.75) is 38.6 Å². The standard InChI is InChI=1S/C20H21Cl2N3O2/c21-16-5-4-14(17(22)10-16)11-25-18(6-7-23-25)24-20(27)15-8-12-2-1-3-13(9-15)19(12)26/h4-7,10,12-13,15H,1-3,8-9,11H2,(H,24,27)/t12-,13+,15?. The van der Waals surface area contributed by atoms with Gasteiger partial charge in [-0.05, 0) is 43.4 Å². The first-order valence-electron chi connectivity index (χ1n) is 9.31. The molecule has 2 bridgehead atoms. The van der Waals surface area contributed by atoms with Crippen molar-refractivity contribution in [3.05, 3.63) is 46.1 Å². The molecule has 2 aliphatic rings. The summed E-state index contributed by atoms with van der Waals surface area (Å²) < 4.78 is 1.71. The van der Waals surface area contributed by atoms with Crippen LogP contribution < -0.4 is 5.32 Å². The van der Waals surface area contributed by atoms with Gasteiger partial charge in [0.15, 0.2) is 0 Å². The highest BCUT2D eigenvalue weighted by Gasteiger charge is 2.41. The maximum Gasteiger partial charge on any atom is 0.228 e. The van der Waals surface area contributed by atoms with Gasteiger partial charge in [0.1, 0.15) is 11.6 Å². The van der Waals surface area contributed by atoms with Crippen molar-refractivity contribution in [3.8, 4) is 0 Å². The molecule has 1 amide bonds. The molecule has 3 atom stereocenters. The number of amides is 1. The molecule has 0 aliphatic heterocycles. The predicted molar refractivity (Wildman–Crippen MR) is 105 cm³/mol. The van der Waals surface area contributed by atoms with Crippen LogP contribution in [0.25, 0.3) is 0 Å². The molecule has 7 heteroatoms. The van der Waals surface area contributed by atoms with Crippen LogP contribution in [0.5, 0.6) is 0 Å². The number of nitrogens with one attached hydrogen (secondary N) is 1. The number of rotatable bonds is 4. The van der Waals surface area contributed by atoms with Crippen LogP contribution in [-0.4, -0.2) is 21.5 Å². The fraction of sp³-hybridized carbons (Fsp3) is 0.450. The van der Waals surface area contributed by atoms with Gasteiger partial charge in [-0.25, -0.2) is 4.68 Å². The second-order valence-electron chi connectivity index (χ2n) is 7.49. The Bertz CT molecular complexity index is 864. The lowest BCUT2D eigenvalue weighted by Crippen LogP contribution is -2.40. The first kappa shape index (κ1) is 18.5. The van der Waals surface area contributed by atoms with E-state index >= 15 is 0 Å². The van der Waals surface area contributed by atoms with Crippen molar-refractivity contribution in [2.75, 3.05) is 5.32 Å². The van der Waals surface area contributed by atoms with Crippen molar-refractivity contribution >= 4 is 40.7 Å². The summed E-state index contributed by atoms with van der Waals surface area (Å²) in [4.78, 5) is 25.1. The summed E-state index contributed by atoms with van der Waals surface area (Å²) >= 11 is 12.2. The molecule has 0 spiro atoms. The number of aromatic nitrogens is 2. The van der Waals surface area contributed by atoms with E-state index in [9.17, 15) is 9.59 Å². The zero-order valence-electron chi connectivity index (χ0n) is 14.8. The summed E-state index contributed by atoms with van der Waals surface area (Å²) in [6.45, 7) is 0.438. The number of hydrogen-bond acceptors (Lipinski definition) is 3. The Morgan fingerprint density at radius 2 is 1.93 bits per heavy atom. The third-order valence-corrected chi connectivity index (χ3v) is 6.31. The molecule has 2 saturated carbocycles. The fourth-order valence-electron chi connectivity index (χ4n) is 4.30. The van der Waals surface area contributed by atoms with Crippen molar-refractivity contribution < 1.29 is 9.59 Å². The number of anilines is 1. The molecule has 2 aliphatic carbocycles. The minimum absolute atomic E-state index is 0.0247. The van der Waals surface area contributed by atoms with Gasteiger partial charge in [-0.3, -0.25) is 9.59 Å². The second-order valence-corrected chi connectivity index (χ2v) is 8.34. The van der Waals surface area contributed by atoms with E-state index in [0.717, 1.165) is 24.8 Å². The third kappa shape index (κ3) is 3.90. The third-order valence-electron chi connectivity index (χ3n) is 5.72. The Morgan fingerprint density at radius 1 is 1.19 bits per heavy atom. The zero-order chi connectivity index (χ0) is 19.0. The Hall–Kier alpha value is -1.85. The largest absolute Gasteiger partial charge is 0.311 e. The molecule has 2 fully saturated rings. The Kier molecular flexibility index (Phi) is 5.24. The minimum atomic E-state index is -0.111. The maximum absolute atomic E-state index is 12.8. The number of nitrogens with zero attached hydrogens (tertiary/aromatic N) is 2. The van der Waals surface area contributed by atoms with Gasteiger partial charge in [0.2, 0.25) is 5.91 Å². The van der Waals surface area contributed by atoms with Gasteiger partial charge in [0.05, 0.1) is 12.7 Å². The predicted octanol–water partition coefficient (Wildman–Crippen LogP) is 4.57. The number of benzene rings is 1. The summed E-state index contributed by atoms with van der Waals surface area (Å²) in [5.74, 6) is 0.988. The van der Waals surface area contributed by atoms with E-state index in [4.69, 9.17) is 23.2 Å². The molecule has 2 aromatic rings. The number of Topliss-reactive ketones (excluding diaryl/α,β-unsaturated/α-hetero) is 1. The summed E-state index contributed by atoms with van der Waals surface area (Å²) in [7, 11) is 0. The van der Waals surface area contributed by atoms with Gasteiger partial charge in [-0.1, -0.05) is 35.7 Å². The number of carbonyl (C=O) groups is 2. The zero-order valence-corrected chi connectivity index (χ0v) is 16.3. The Morgan fingerprint density at radius 3 is 2.63 bits per heavy atom. The highest BCUT2D eigenvalue weighted by atomic mass is 35.5. The Balaban J connectivity index is 1.45. The van der Waals surface area contributed by atoms with E-state index in [1.165, 1.54) is 0 Å². The van der Waals surface area contributed by atoms with Crippen LogP contribution in [0.4, 0.5) is 5.82 Å². The normalized spacial score (nSPS) is 24.7. The van der Waals surface area contributed by atoms with E-state index in [0.29, 0.717) is 41.0 Å². The lowest BCUT2D eigenvalue weighted by Gasteiger charge is -2.36. The second kappa shape index (κ2) is 7.64. The SMILES string of the molecule is O=C(Nc1ccnn1Cc1ccc(Cl)cc1Cl)C1C[C@H]2CCC[C@@H](C1)C2=O. The van der Waals surface area contributed by atoms with Crippen molar-refractivity contribution in [1.29, 1.82) is 0 Å². The number of carbonyl (C=O) groups excluding carboxylic acids is 2. The molecular formula is C20H21Cl2N3O2. The highest BCUT2D eigenvalue weighted by molar-refractivity contribution is 6.35. The lowest BCUT2D eigenvalue weighted by molar-refractivity contribution is -0.136. The summed E-state index contributed by atoms with van der Waals surface area (Å²) in [6.07, 6.45) is 5.93. The fourth-order valence-corrected chi connectivity index (χ4v) is 4.77. The van der Waals surface area contributed by atoms with Gasteiger partial charge in [-0.2, -0.15) is 5.10 Å². The Labute approximate surface area is 168 Å². The number of hydrogen-bond donors (Lipinski definition) is 1. The van der Waals surface area contributed by atoms with Crippen LogP contribution in [-0.2, 0) is 16.1 Å². The summed E-state index contributed by atoms with van der Waals surface area (Å²) in [5, 5.41) is 8.44. The number of halogens is 2. The van der Waals surface area contributed by atoms with Crippen LogP contribution in [0.2, 0.25) is 10.0 Å². The number of ketones is 1. The smallest absolute Gasteiger partial charge is 0.228 e. The van der Waals surface area contributed by atoms with Crippen LogP contribution in [0.15, 0.2) is 30.5 Å². The topological polar surface area (TPSA) is 64.0 Å². The van der Waals surface area contributed by atoms with E-state index < -0.39 is 0 Å². The lowest BCUT2D eigenvalue weighted by atomic mass is 9.67. The van der Waals surface area contributed by atoms with Crippen LogP contribution in [0.1, 0.15) is 37.7 Å². The van der Waals surface area contributed by atoms with Gasteiger partial charge in [0, 0.05) is 33.9 Å². The molecule has 1 unspecified atom stereocenters. The summed E-state index contributed by atoms with van der Waals surface area (Å²) in [6, 6.07) is 7.10. The average molecular weight is 406 g/mol. The quantitative estimate of drug-likeness (QED) is 0.809. The van der Waals surface area contributed by atoms with Crippen molar-refractivity contribution in [3.63, 3.8) is 0 Å². The molecule has 1 heterocycles. The van der Waals surface area contributed by atoms with Crippen LogP contribution >= 0.6 is 23.2 Å². The average Bonchev–Trinajstić information content (AvgIpc) is 3.04. The van der Waals surface area contributed by atoms with Crippen LogP contribution in [0.3, 0.4) is 0 Å². The van der Waals surface area contributed by atoms with E-state index in [2.05, 4.69) is 10.4 Å². The molecule has 0 saturated heterocycles. The number of fused-ring (bicyclic) bond motifs is 2. The van der Waals surface area contributed by atoms with Gasteiger partial charge in [-0.15, -0.1) is 0 Å². The monoisotopic (exact) mass is 405 g/mol. The maximum atomic E-state index is 12.8. The minimum Gasteiger partial charge on any atom is -0.311 e. The molecule has 1 aromatic heterocycles. The van der Waals surface area contributed by atoms with E-state index in [1.54, 1.807) is 29.1 Å². The molecule has 1 N–H and O–H groups in total. The molecule has 0 radical (unpaired) electrons. The first-order chi connectivity index (χ1) is 13.0. The molecule has 27 heavy (non-hydrogen) atoms. The van der Waals surface area contributed by atoms with E-state index in [-0.39, 0.29) is 23.7 Å². The molecular weight excluding hydrogens is 385 g/mol. The first-order valence-corrected chi connectivity index (χ1v) is 10.1. The molecule has 142 valence electrons.